The molecule has 0 radical (unpaired) electrons. The molecule has 2 aliphatic heterocycles. The highest BCUT2D eigenvalue weighted by atomic mass is 16.3. The van der Waals surface area contributed by atoms with Crippen molar-refractivity contribution >= 4 is 34.9 Å². The third-order valence-corrected chi connectivity index (χ3v) is 5.78. The van der Waals surface area contributed by atoms with Crippen molar-refractivity contribution in [2.45, 2.75) is 0 Å². The number of hydrogen-bond donors (Lipinski definition) is 6. The number of anilines is 2. The van der Waals surface area contributed by atoms with E-state index in [4.69, 9.17) is 0 Å². The van der Waals surface area contributed by atoms with Crippen LogP contribution in [0.1, 0.15) is 31.8 Å². The normalized spacial score (nSPS) is 14.3. The van der Waals surface area contributed by atoms with Crippen LogP contribution in [0.5, 0.6) is 11.5 Å². The first-order valence-electron chi connectivity index (χ1n) is 11.4. The van der Waals surface area contributed by atoms with Crippen LogP contribution in [0.3, 0.4) is 0 Å². The molecule has 0 unspecified atom stereocenters. The van der Waals surface area contributed by atoms with E-state index in [2.05, 4.69) is 31.3 Å². The zero-order valence-corrected chi connectivity index (χ0v) is 19.2. The molecule has 182 valence electrons. The molecule has 3 aromatic rings. The van der Waals surface area contributed by atoms with Crippen molar-refractivity contribution in [1.82, 2.24) is 10.6 Å². The van der Waals surface area contributed by atoms with E-state index in [0.717, 1.165) is 13.1 Å². The number of aliphatic imine (C=N–C) groups is 2. The van der Waals surface area contributed by atoms with Crippen molar-refractivity contribution in [3.8, 4) is 11.5 Å². The summed E-state index contributed by atoms with van der Waals surface area (Å²) in [7, 11) is 0. The molecule has 10 heteroatoms. The van der Waals surface area contributed by atoms with Crippen LogP contribution < -0.4 is 21.3 Å². The molecule has 0 fully saturated rings. The second kappa shape index (κ2) is 9.79. The molecule has 0 saturated carbocycles. The average Bonchev–Trinajstić information content (AvgIpc) is 3.59. The molecule has 0 aromatic heterocycles. The van der Waals surface area contributed by atoms with E-state index in [-0.39, 0.29) is 23.3 Å². The van der Waals surface area contributed by atoms with Crippen LogP contribution in [-0.2, 0) is 0 Å². The Labute approximate surface area is 206 Å². The number of carbonyl (C=O) groups is 2. The smallest absolute Gasteiger partial charge is 0.255 e. The Balaban J connectivity index is 1.22. The monoisotopic (exact) mass is 484 g/mol. The highest BCUT2D eigenvalue weighted by Crippen LogP contribution is 2.25. The number of amides is 2. The van der Waals surface area contributed by atoms with Crippen LogP contribution in [-0.4, -0.2) is 59.9 Å². The number of benzene rings is 3. The largest absolute Gasteiger partial charge is 0.507 e. The van der Waals surface area contributed by atoms with Crippen molar-refractivity contribution < 1.29 is 19.8 Å². The summed E-state index contributed by atoms with van der Waals surface area (Å²) < 4.78 is 0. The topological polar surface area (TPSA) is 147 Å². The molecule has 0 atom stereocenters. The molecule has 2 aliphatic rings. The molecule has 0 saturated heterocycles. The van der Waals surface area contributed by atoms with Crippen LogP contribution in [0, 0.1) is 0 Å². The second-order valence-electron chi connectivity index (χ2n) is 8.26. The molecular weight excluding hydrogens is 460 g/mol. The zero-order chi connectivity index (χ0) is 25.1. The lowest BCUT2D eigenvalue weighted by molar-refractivity contribution is 0.101. The summed E-state index contributed by atoms with van der Waals surface area (Å²) in [6.07, 6.45) is 0. The Morgan fingerprint density at radius 3 is 1.42 bits per heavy atom. The summed E-state index contributed by atoms with van der Waals surface area (Å²) in [4.78, 5) is 33.9. The van der Waals surface area contributed by atoms with E-state index in [1.54, 1.807) is 48.5 Å². The number of hydrogen-bond acceptors (Lipinski definition) is 8. The van der Waals surface area contributed by atoms with Gasteiger partial charge in [0.1, 0.15) is 23.2 Å². The first-order chi connectivity index (χ1) is 17.5. The summed E-state index contributed by atoms with van der Waals surface area (Å²) in [5, 5.41) is 32.3. The van der Waals surface area contributed by atoms with E-state index in [1.165, 1.54) is 12.1 Å². The molecule has 5 rings (SSSR count). The minimum absolute atomic E-state index is 0.0135. The Kier molecular flexibility index (Phi) is 6.23. The van der Waals surface area contributed by atoms with Gasteiger partial charge < -0.3 is 31.5 Å². The number of aromatic hydroxyl groups is 2. The first kappa shape index (κ1) is 22.9. The quantitative estimate of drug-likeness (QED) is 0.316. The molecular formula is C26H24N6O4. The van der Waals surface area contributed by atoms with Crippen LogP contribution >= 0.6 is 0 Å². The van der Waals surface area contributed by atoms with Crippen molar-refractivity contribution in [3.05, 3.63) is 82.9 Å². The number of carbonyl (C=O) groups excluding carboxylic acids is 2. The maximum Gasteiger partial charge on any atom is 0.255 e. The van der Waals surface area contributed by atoms with Crippen molar-refractivity contribution in [2.75, 3.05) is 36.8 Å². The van der Waals surface area contributed by atoms with Crippen LogP contribution in [0.15, 0.2) is 70.6 Å². The third kappa shape index (κ3) is 4.83. The predicted molar refractivity (Wildman–Crippen MR) is 137 cm³/mol. The number of rotatable bonds is 6. The van der Waals surface area contributed by atoms with Gasteiger partial charge >= 0.3 is 0 Å². The maximum atomic E-state index is 12.6. The van der Waals surface area contributed by atoms with Gasteiger partial charge in [-0.2, -0.15) is 0 Å². The molecule has 36 heavy (non-hydrogen) atoms. The predicted octanol–water partition coefficient (Wildman–Crippen LogP) is 2.30. The van der Waals surface area contributed by atoms with Gasteiger partial charge in [0.05, 0.1) is 24.2 Å². The van der Waals surface area contributed by atoms with Crippen molar-refractivity contribution in [3.63, 3.8) is 0 Å². The highest BCUT2D eigenvalue weighted by molar-refractivity contribution is 6.08. The van der Waals surface area contributed by atoms with E-state index in [0.29, 0.717) is 58.4 Å². The van der Waals surface area contributed by atoms with Crippen LogP contribution in [0.25, 0.3) is 0 Å². The Morgan fingerprint density at radius 2 is 1.08 bits per heavy atom. The van der Waals surface area contributed by atoms with Gasteiger partial charge in [-0.3, -0.25) is 19.6 Å². The number of phenolic OH excluding ortho intramolecular Hbond substituents is 2. The molecule has 10 nitrogen and oxygen atoms in total. The van der Waals surface area contributed by atoms with Crippen LogP contribution in [0.2, 0.25) is 0 Å². The number of amidine groups is 2. The lowest BCUT2D eigenvalue weighted by Crippen LogP contribution is -2.20. The van der Waals surface area contributed by atoms with Gasteiger partial charge in [-0.25, -0.2) is 0 Å². The lowest BCUT2D eigenvalue weighted by Gasteiger charge is -2.11. The summed E-state index contributed by atoms with van der Waals surface area (Å²) in [5.41, 5.74) is 2.72. The molecule has 3 aromatic carbocycles. The van der Waals surface area contributed by atoms with E-state index in [1.807, 2.05) is 0 Å². The van der Waals surface area contributed by atoms with Gasteiger partial charge in [-0.1, -0.05) is 0 Å². The summed E-state index contributed by atoms with van der Waals surface area (Å²) >= 11 is 0. The number of nitrogens with zero attached hydrogens (tertiary/aromatic N) is 2. The van der Waals surface area contributed by atoms with E-state index < -0.39 is 0 Å². The minimum atomic E-state index is -0.380. The number of phenols is 2. The van der Waals surface area contributed by atoms with Gasteiger partial charge in [0.25, 0.3) is 11.8 Å². The highest BCUT2D eigenvalue weighted by Gasteiger charge is 2.16. The van der Waals surface area contributed by atoms with Crippen LogP contribution in [0.4, 0.5) is 11.4 Å². The zero-order valence-electron chi connectivity index (χ0n) is 19.2. The fraction of sp³-hybridized carbons (Fsp3) is 0.154. The standard InChI is InChI=1S/C26H24N6O4/c33-21-13-17(5-7-19(21)23-27-9-10-28-23)31-25(35)15-1-2-16(4-3-15)26(36)32-18-6-8-20(22(34)14-18)24-29-11-12-30-24/h1-8,13-14,33-34H,9-12H2,(H,27,28)(H,29,30)(H,31,35)(H,32,36). The fourth-order valence-electron chi connectivity index (χ4n) is 3.96. The minimum Gasteiger partial charge on any atom is -0.507 e. The molecule has 0 aliphatic carbocycles. The SMILES string of the molecule is O=C(Nc1ccc(C2=NCCN2)c(O)c1)c1ccc(C(=O)Nc2ccc(C3=NCCN3)c(O)c2)cc1. The Morgan fingerprint density at radius 1 is 0.667 bits per heavy atom. The van der Waals surface area contributed by atoms with Crippen molar-refractivity contribution in [2.24, 2.45) is 9.98 Å². The summed E-state index contributed by atoms with van der Waals surface area (Å²) in [6.45, 7) is 2.77. The lowest BCUT2D eigenvalue weighted by atomic mass is 10.1. The van der Waals surface area contributed by atoms with Gasteiger partial charge in [0.2, 0.25) is 0 Å². The second-order valence-corrected chi connectivity index (χ2v) is 8.26. The van der Waals surface area contributed by atoms with E-state index in [9.17, 15) is 19.8 Å². The van der Waals surface area contributed by atoms with Crippen molar-refractivity contribution in [1.29, 1.82) is 0 Å². The Hall–Kier alpha value is -4.86. The first-order valence-corrected chi connectivity index (χ1v) is 11.4. The van der Waals surface area contributed by atoms with E-state index >= 15 is 0 Å². The average molecular weight is 485 g/mol. The Bertz CT molecular complexity index is 1290. The fourth-order valence-corrected chi connectivity index (χ4v) is 3.96. The molecule has 6 N–H and O–H groups in total. The molecule has 2 heterocycles. The molecule has 2 amide bonds. The maximum absolute atomic E-state index is 12.6. The summed E-state index contributed by atoms with van der Waals surface area (Å²) in [6, 6.07) is 15.9. The number of nitrogens with one attached hydrogen (secondary N) is 4. The molecule has 0 bridgehead atoms. The van der Waals surface area contributed by atoms with Gasteiger partial charge in [0.15, 0.2) is 0 Å². The van der Waals surface area contributed by atoms with Gasteiger partial charge in [-0.05, 0) is 48.5 Å². The summed E-state index contributed by atoms with van der Waals surface area (Å²) in [5.74, 6) is 0.527. The van der Waals surface area contributed by atoms with Gasteiger partial charge in [0, 0.05) is 47.7 Å². The van der Waals surface area contributed by atoms with Gasteiger partial charge in [-0.15, -0.1) is 0 Å². The molecule has 0 spiro atoms. The third-order valence-electron chi connectivity index (χ3n) is 5.78.